The lowest BCUT2D eigenvalue weighted by atomic mass is 10.0. The fourth-order valence-corrected chi connectivity index (χ4v) is 5.11. The number of rotatable bonds is 5. The zero-order chi connectivity index (χ0) is 22.2. The van der Waals surface area contributed by atoms with Gasteiger partial charge >= 0.3 is 5.69 Å². The van der Waals surface area contributed by atoms with Gasteiger partial charge in [0.2, 0.25) is 0 Å². The van der Waals surface area contributed by atoms with Crippen molar-refractivity contribution in [3.8, 4) is 0 Å². The largest absolute Gasteiger partial charge is 0.328 e. The molecule has 0 spiro atoms. The Morgan fingerprint density at radius 1 is 0.906 bits per heavy atom. The lowest BCUT2D eigenvalue weighted by molar-refractivity contribution is 0.244. The quantitative estimate of drug-likeness (QED) is 0.472. The van der Waals surface area contributed by atoms with Gasteiger partial charge in [0.25, 0.3) is 0 Å². The van der Waals surface area contributed by atoms with Gasteiger partial charge in [0, 0.05) is 26.3 Å². The molecule has 0 amide bonds. The molecule has 0 radical (unpaired) electrons. The van der Waals surface area contributed by atoms with E-state index in [1.54, 1.807) is 9.13 Å². The number of benzene rings is 2. The molecule has 5 nitrogen and oxygen atoms in total. The van der Waals surface area contributed by atoms with E-state index in [4.69, 9.17) is 4.98 Å². The second kappa shape index (κ2) is 8.40. The van der Waals surface area contributed by atoms with Gasteiger partial charge in [-0.15, -0.1) is 0 Å². The molecule has 1 unspecified atom stereocenters. The molecule has 5 rings (SSSR count). The number of hydrogen-bond donors (Lipinski definition) is 0. The van der Waals surface area contributed by atoms with Crippen LogP contribution in [0.2, 0.25) is 0 Å². The molecule has 3 heterocycles. The van der Waals surface area contributed by atoms with Crippen molar-refractivity contribution >= 4 is 11.0 Å². The Morgan fingerprint density at radius 2 is 1.69 bits per heavy atom. The van der Waals surface area contributed by atoms with E-state index in [0.29, 0.717) is 6.04 Å². The molecular weight excluding hydrogens is 396 g/mol. The third-order valence-corrected chi connectivity index (χ3v) is 6.71. The predicted octanol–water partition coefficient (Wildman–Crippen LogP) is 4.51. The zero-order valence-corrected chi connectivity index (χ0v) is 19.1. The van der Waals surface area contributed by atoms with E-state index in [1.165, 1.54) is 28.8 Å². The maximum absolute atomic E-state index is 12.3. The van der Waals surface area contributed by atoms with E-state index < -0.39 is 0 Å². The Bertz CT molecular complexity index is 1320. The zero-order valence-electron chi connectivity index (χ0n) is 19.1. The first-order valence-electron chi connectivity index (χ1n) is 11.4. The molecule has 2 aromatic heterocycles. The van der Waals surface area contributed by atoms with Gasteiger partial charge in [-0.25, -0.2) is 4.79 Å². The number of pyridine rings is 1. The molecule has 1 aliphatic heterocycles. The minimum atomic E-state index is 0.0195. The second-order valence-corrected chi connectivity index (χ2v) is 9.06. The normalized spacial score (nSPS) is 16.8. The molecule has 5 heteroatoms. The fraction of sp³-hybridized carbons (Fsp3) is 0.333. The van der Waals surface area contributed by atoms with E-state index in [1.807, 2.05) is 14.1 Å². The van der Waals surface area contributed by atoms with Crippen LogP contribution in [0.15, 0.2) is 65.5 Å². The van der Waals surface area contributed by atoms with E-state index in [9.17, 15) is 4.79 Å². The van der Waals surface area contributed by atoms with Gasteiger partial charge in [-0.05, 0) is 73.7 Å². The predicted molar refractivity (Wildman–Crippen MR) is 129 cm³/mol. The molecule has 1 aliphatic rings. The van der Waals surface area contributed by atoms with E-state index in [2.05, 4.69) is 72.5 Å². The van der Waals surface area contributed by atoms with Crippen LogP contribution in [-0.2, 0) is 27.1 Å². The van der Waals surface area contributed by atoms with Crippen LogP contribution in [0.5, 0.6) is 0 Å². The van der Waals surface area contributed by atoms with Crippen LogP contribution in [0.1, 0.15) is 47.0 Å². The van der Waals surface area contributed by atoms with Crippen LogP contribution in [0, 0.1) is 6.92 Å². The number of imidazole rings is 1. The number of fused-ring (bicyclic) bond motifs is 1. The molecular formula is C27H30N4O. The Balaban J connectivity index is 1.41. The lowest BCUT2D eigenvalue weighted by Crippen LogP contribution is -2.23. The highest BCUT2D eigenvalue weighted by Gasteiger charge is 2.27. The van der Waals surface area contributed by atoms with Crippen LogP contribution < -0.4 is 5.69 Å². The maximum Gasteiger partial charge on any atom is 0.328 e. The van der Waals surface area contributed by atoms with Crippen LogP contribution >= 0.6 is 0 Å². The SMILES string of the molecule is Cc1cc(Cc2ccccc2)cc(C2CCCN2Cc2ccc3c(c2)n(C)c(=O)n3C)n1. The van der Waals surface area contributed by atoms with Crippen LogP contribution in [0.25, 0.3) is 11.0 Å². The van der Waals surface area contributed by atoms with Crippen molar-refractivity contribution in [3.63, 3.8) is 0 Å². The second-order valence-electron chi connectivity index (χ2n) is 9.06. The van der Waals surface area contributed by atoms with Gasteiger partial charge in [-0.3, -0.25) is 19.0 Å². The van der Waals surface area contributed by atoms with Gasteiger partial charge in [0.05, 0.1) is 22.8 Å². The Hall–Kier alpha value is -3.18. The van der Waals surface area contributed by atoms with Crippen molar-refractivity contribution in [1.82, 2.24) is 19.0 Å². The van der Waals surface area contributed by atoms with Crippen LogP contribution in [0.3, 0.4) is 0 Å². The summed E-state index contributed by atoms with van der Waals surface area (Å²) in [6, 6.07) is 21.9. The summed E-state index contributed by atoms with van der Waals surface area (Å²) in [5, 5.41) is 0. The van der Waals surface area contributed by atoms with Gasteiger partial charge < -0.3 is 0 Å². The molecule has 0 bridgehead atoms. The Kier molecular flexibility index (Phi) is 5.43. The van der Waals surface area contributed by atoms with E-state index in [-0.39, 0.29) is 5.69 Å². The van der Waals surface area contributed by atoms with Gasteiger partial charge in [0.1, 0.15) is 0 Å². The highest BCUT2D eigenvalue weighted by atomic mass is 16.1. The maximum atomic E-state index is 12.3. The summed E-state index contributed by atoms with van der Waals surface area (Å²) in [7, 11) is 3.68. The molecule has 32 heavy (non-hydrogen) atoms. The van der Waals surface area contributed by atoms with Crippen molar-refractivity contribution < 1.29 is 0 Å². The summed E-state index contributed by atoms with van der Waals surface area (Å²) in [4.78, 5) is 19.8. The summed E-state index contributed by atoms with van der Waals surface area (Å²) in [5.74, 6) is 0. The highest BCUT2D eigenvalue weighted by Crippen LogP contribution is 2.33. The molecule has 1 saturated heterocycles. The molecule has 0 N–H and O–H groups in total. The summed E-state index contributed by atoms with van der Waals surface area (Å²) in [6.07, 6.45) is 3.25. The highest BCUT2D eigenvalue weighted by molar-refractivity contribution is 5.76. The van der Waals surface area contributed by atoms with Gasteiger partial charge in [-0.1, -0.05) is 36.4 Å². The first-order chi connectivity index (χ1) is 15.5. The third-order valence-electron chi connectivity index (χ3n) is 6.71. The molecule has 0 saturated carbocycles. The van der Waals surface area contributed by atoms with Crippen LogP contribution in [0.4, 0.5) is 0 Å². The monoisotopic (exact) mass is 426 g/mol. The summed E-state index contributed by atoms with van der Waals surface area (Å²) in [5.41, 5.74) is 8.14. The van der Waals surface area contributed by atoms with E-state index >= 15 is 0 Å². The van der Waals surface area contributed by atoms with Crippen molar-refractivity contribution in [2.45, 2.75) is 38.8 Å². The van der Waals surface area contributed by atoms with Crippen molar-refractivity contribution in [2.24, 2.45) is 14.1 Å². The van der Waals surface area contributed by atoms with Crippen molar-refractivity contribution in [3.05, 3.63) is 99.2 Å². The lowest BCUT2D eigenvalue weighted by Gasteiger charge is -2.25. The first kappa shape index (κ1) is 20.7. The van der Waals surface area contributed by atoms with Gasteiger partial charge in [-0.2, -0.15) is 0 Å². The summed E-state index contributed by atoms with van der Waals surface area (Å²) < 4.78 is 3.45. The van der Waals surface area contributed by atoms with Gasteiger partial charge in [0.15, 0.2) is 0 Å². The molecule has 2 aromatic carbocycles. The molecule has 1 fully saturated rings. The van der Waals surface area contributed by atoms with Crippen LogP contribution in [-0.4, -0.2) is 25.6 Å². The molecule has 1 atom stereocenters. The third kappa shape index (κ3) is 3.89. The number of aromatic nitrogens is 3. The Labute approximate surface area is 188 Å². The minimum absolute atomic E-state index is 0.0195. The average Bonchev–Trinajstić information content (AvgIpc) is 3.33. The fourth-order valence-electron chi connectivity index (χ4n) is 5.11. The summed E-state index contributed by atoms with van der Waals surface area (Å²) >= 11 is 0. The first-order valence-corrected chi connectivity index (χ1v) is 11.4. The summed E-state index contributed by atoms with van der Waals surface area (Å²) in [6.45, 7) is 4.04. The minimum Gasteiger partial charge on any atom is -0.295 e. The number of nitrogens with zero attached hydrogens (tertiary/aromatic N) is 4. The Morgan fingerprint density at radius 3 is 2.50 bits per heavy atom. The molecule has 4 aromatic rings. The average molecular weight is 427 g/mol. The number of aryl methyl sites for hydroxylation is 3. The number of hydrogen-bond acceptors (Lipinski definition) is 3. The van der Waals surface area contributed by atoms with Crippen molar-refractivity contribution in [2.75, 3.05) is 6.54 Å². The smallest absolute Gasteiger partial charge is 0.295 e. The topological polar surface area (TPSA) is 43.1 Å². The standard InChI is InChI=1S/C27H30N4O/c1-19-14-22(15-20-8-5-4-6-9-20)16-23(28-19)24-10-7-13-31(24)18-21-11-12-25-26(17-21)30(3)27(32)29(25)2/h4-6,8-9,11-12,14,16-17,24H,7,10,13,15,18H2,1-3H3. The van der Waals surface area contributed by atoms with E-state index in [0.717, 1.165) is 42.7 Å². The van der Waals surface area contributed by atoms with Crippen molar-refractivity contribution in [1.29, 1.82) is 0 Å². The number of likely N-dealkylation sites (tertiary alicyclic amines) is 1. The molecule has 164 valence electrons. The molecule has 0 aliphatic carbocycles.